The minimum Gasteiger partial charge on any atom is -0.393 e. The Labute approximate surface area is 95.4 Å². The molecule has 3 nitrogen and oxygen atoms in total. The summed E-state index contributed by atoms with van der Waals surface area (Å²) in [5.74, 6) is -1.06. The van der Waals surface area contributed by atoms with Crippen LogP contribution in [-0.2, 0) is 20.7 Å². The highest BCUT2D eigenvalue weighted by Crippen LogP contribution is 2.02. The summed E-state index contributed by atoms with van der Waals surface area (Å²) in [6.45, 7) is 1.95. The molecule has 3 heteroatoms. The highest BCUT2D eigenvalue weighted by atomic mass is 16.6. The first-order valence-electron chi connectivity index (χ1n) is 5.34. The maximum atomic E-state index is 11.3. The molecule has 0 aromatic heterocycles. The molecule has 0 saturated carbocycles. The van der Waals surface area contributed by atoms with Gasteiger partial charge in [-0.05, 0) is 12.0 Å². The fourth-order valence-electron chi connectivity index (χ4n) is 1.21. The molecule has 0 amide bonds. The van der Waals surface area contributed by atoms with Crippen LogP contribution in [0.2, 0.25) is 0 Å². The van der Waals surface area contributed by atoms with Gasteiger partial charge in [-0.1, -0.05) is 43.7 Å². The number of carbonyl (C=O) groups is 2. The average Bonchev–Trinajstić information content (AvgIpc) is 2.27. The van der Waals surface area contributed by atoms with Crippen molar-refractivity contribution in [1.82, 2.24) is 0 Å². The van der Waals surface area contributed by atoms with Crippen LogP contribution < -0.4 is 0 Å². The number of benzene rings is 1. The molecule has 0 unspecified atom stereocenters. The molecule has 0 spiro atoms. The van der Waals surface area contributed by atoms with Gasteiger partial charge in [-0.15, -0.1) is 0 Å². The van der Waals surface area contributed by atoms with Gasteiger partial charge >= 0.3 is 11.9 Å². The van der Waals surface area contributed by atoms with Crippen molar-refractivity contribution >= 4 is 11.9 Å². The van der Waals surface area contributed by atoms with Gasteiger partial charge in [0.1, 0.15) is 0 Å². The van der Waals surface area contributed by atoms with Crippen molar-refractivity contribution in [3.63, 3.8) is 0 Å². The minimum atomic E-state index is -0.553. The van der Waals surface area contributed by atoms with Crippen LogP contribution in [-0.4, -0.2) is 11.9 Å². The topological polar surface area (TPSA) is 43.4 Å². The highest BCUT2D eigenvalue weighted by Gasteiger charge is 2.10. The molecule has 1 aromatic carbocycles. The molecule has 0 aliphatic carbocycles. The van der Waals surface area contributed by atoms with E-state index in [0.29, 0.717) is 6.42 Å². The summed E-state index contributed by atoms with van der Waals surface area (Å²) >= 11 is 0. The van der Waals surface area contributed by atoms with E-state index in [0.717, 1.165) is 12.0 Å². The molecule has 0 fully saturated rings. The molecule has 85 valence electrons. The van der Waals surface area contributed by atoms with Gasteiger partial charge in [0.05, 0.1) is 12.8 Å². The summed E-state index contributed by atoms with van der Waals surface area (Å²) in [6.07, 6.45) is 3.02. The fraction of sp³-hybridized carbons (Fsp3) is 0.308. The zero-order valence-corrected chi connectivity index (χ0v) is 9.31. The third-order valence-corrected chi connectivity index (χ3v) is 2.01. The molecule has 0 atom stereocenters. The van der Waals surface area contributed by atoms with Gasteiger partial charge in [-0.25, -0.2) is 0 Å². The molecule has 0 heterocycles. The normalized spacial score (nSPS) is 9.81. The van der Waals surface area contributed by atoms with E-state index < -0.39 is 11.9 Å². The van der Waals surface area contributed by atoms with Crippen LogP contribution >= 0.6 is 0 Å². The molecule has 1 radical (unpaired) electrons. The largest absolute Gasteiger partial charge is 0.393 e. The van der Waals surface area contributed by atoms with Crippen molar-refractivity contribution in [2.45, 2.75) is 26.2 Å². The number of rotatable bonds is 5. The summed E-state index contributed by atoms with van der Waals surface area (Å²) < 4.78 is 4.62. The van der Waals surface area contributed by atoms with Crippen LogP contribution in [0.4, 0.5) is 0 Å². The third-order valence-electron chi connectivity index (χ3n) is 2.01. The number of ether oxygens (including phenoxy) is 1. The predicted octanol–water partition coefficient (Wildman–Crippen LogP) is 2.30. The van der Waals surface area contributed by atoms with Gasteiger partial charge in [0.15, 0.2) is 0 Å². The Hall–Kier alpha value is -1.64. The second-order valence-electron chi connectivity index (χ2n) is 3.45. The Bertz CT molecular complexity index is 343. The number of hydrogen-bond acceptors (Lipinski definition) is 3. The quantitative estimate of drug-likeness (QED) is 0.563. The molecular formula is C13H15O3. The summed E-state index contributed by atoms with van der Waals surface area (Å²) in [7, 11) is 0. The Morgan fingerprint density at radius 3 is 2.56 bits per heavy atom. The summed E-state index contributed by atoms with van der Waals surface area (Å²) in [6, 6.07) is 9.19. The molecular weight excluding hydrogens is 204 g/mol. The van der Waals surface area contributed by atoms with Crippen LogP contribution in [0.15, 0.2) is 30.3 Å². The summed E-state index contributed by atoms with van der Waals surface area (Å²) in [4.78, 5) is 22.4. The first kappa shape index (κ1) is 12.4. The Morgan fingerprint density at radius 2 is 1.94 bits per heavy atom. The highest BCUT2D eigenvalue weighted by molar-refractivity contribution is 5.90. The lowest BCUT2D eigenvalue weighted by Crippen LogP contribution is -2.14. The molecule has 1 aromatic rings. The van der Waals surface area contributed by atoms with Gasteiger partial charge < -0.3 is 4.74 Å². The van der Waals surface area contributed by atoms with Gasteiger partial charge in [-0.2, -0.15) is 0 Å². The van der Waals surface area contributed by atoms with Crippen molar-refractivity contribution in [1.29, 1.82) is 0 Å². The third kappa shape index (κ3) is 4.73. The predicted molar refractivity (Wildman–Crippen MR) is 60.5 cm³/mol. The van der Waals surface area contributed by atoms with Crippen LogP contribution in [0.25, 0.3) is 0 Å². The standard InChI is InChI=1S/C13H15O3/c1-2-3-9-12(14)16-13(15)10-11-7-5-4-6-8-11/h4-9H,2-3,10H2,1H3. The first-order chi connectivity index (χ1) is 7.72. The second-order valence-corrected chi connectivity index (χ2v) is 3.45. The Morgan fingerprint density at radius 1 is 1.25 bits per heavy atom. The Balaban J connectivity index is 2.34. The van der Waals surface area contributed by atoms with Gasteiger partial charge in [0.2, 0.25) is 0 Å². The van der Waals surface area contributed by atoms with E-state index in [2.05, 4.69) is 4.74 Å². The smallest absolute Gasteiger partial charge is 0.317 e. The molecule has 0 bridgehead atoms. The van der Waals surface area contributed by atoms with Crippen molar-refractivity contribution in [2.75, 3.05) is 0 Å². The lowest BCUT2D eigenvalue weighted by atomic mass is 10.2. The van der Waals surface area contributed by atoms with E-state index in [9.17, 15) is 9.59 Å². The van der Waals surface area contributed by atoms with E-state index in [1.807, 2.05) is 37.3 Å². The monoisotopic (exact) mass is 219 g/mol. The summed E-state index contributed by atoms with van der Waals surface area (Å²) in [5.41, 5.74) is 0.843. The Kier molecular flexibility index (Phi) is 5.26. The fourth-order valence-corrected chi connectivity index (χ4v) is 1.21. The first-order valence-corrected chi connectivity index (χ1v) is 5.34. The van der Waals surface area contributed by atoms with Crippen molar-refractivity contribution in [3.8, 4) is 0 Å². The molecule has 0 aliphatic heterocycles. The second kappa shape index (κ2) is 6.77. The van der Waals surface area contributed by atoms with Crippen LogP contribution in [0, 0.1) is 6.42 Å². The van der Waals surface area contributed by atoms with Gasteiger partial charge in [-0.3, -0.25) is 9.59 Å². The number of carbonyl (C=O) groups excluding carboxylic acids is 2. The SMILES string of the molecule is CCC[CH]C(=O)OC(=O)Cc1ccccc1. The molecule has 0 saturated heterocycles. The van der Waals surface area contributed by atoms with Crippen molar-refractivity contribution < 1.29 is 14.3 Å². The molecule has 16 heavy (non-hydrogen) atoms. The number of unbranched alkanes of at least 4 members (excludes halogenated alkanes) is 1. The molecule has 0 N–H and O–H groups in total. The van der Waals surface area contributed by atoms with Crippen molar-refractivity contribution in [2.24, 2.45) is 0 Å². The lowest BCUT2D eigenvalue weighted by Gasteiger charge is -2.02. The van der Waals surface area contributed by atoms with Crippen molar-refractivity contribution in [3.05, 3.63) is 42.3 Å². The van der Waals surface area contributed by atoms with Gasteiger partial charge in [0.25, 0.3) is 0 Å². The van der Waals surface area contributed by atoms with Crippen LogP contribution in [0.3, 0.4) is 0 Å². The van der Waals surface area contributed by atoms with E-state index in [-0.39, 0.29) is 6.42 Å². The summed E-state index contributed by atoms with van der Waals surface area (Å²) in [5, 5.41) is 0. The number of esters is 2. The van der Waals surface area contributed by atoms with E-state index in [4.69, 9.17) is 0 Å². The molecule has 0 aliphatic rings. The van der Waals surface area contributed by atoms with E-state index in [1.54, 1.807) is 0 Å². The zero-order valence-electron chi connectivity index (χ0n) is 9.31. The van der Waals surface area contributed by atoms with Crippen LogP contribution in [0.5, 0.6) is 0 Å². The molecule has 1 rings (SSSR count). The maximum absolute atomic E-state index is 11.3. The van der Waals surface area contributed by atoms with Gasteiger partial charge in [0, 0.05) is 0 Å². The minimum absolute atomic E-state index is 0.131. The van der Waals surface area contributed by atoms with E-state index >= 15 is 0 Å². The van der Waals surface area contributed by atoms with E-state index in [1.165, 1.54) is 6.42 Å². The average molecular weight is 219 g/mol. The number of hydrogen-bond donors (Lipinski definition) is 0. The maximum Gasteiger partial charge on any atom is 0.317 e. The zero-order chi connectivity index (χ0) is 11.8. The lowest BCUT2D eigenvalue weighted by molar-refractivity contribution is -0.156. The van der Waals surface area contributed by atoms with Crippen LogP contribution in [0.1, 0.15) is 25.3 Å².